The third kappa shape index (κ3) is 2.08. The fraction of sp³-hybridized carbons (Fsp3) is 0.571. The number of rotatable bonds is 3. The van der Waals surface area contributed by atoms with Crippen molar-refractivity contribution >= 4 is 0 Å². The van der Waals surface area contributed by atoms with Crippen LogP contribution in [0.1, 0.15) is 43.7 Å². The average molecular weight is 239 g/mol. The summed E-state index contributed by atoms with van der Waals surface area (Å²) in [6, 6.07) is 3.09. The second kappa shape index (κ2) is 4.73. The van der Waals surface area contributed by atoms with Gasteiger partial charge in [-0.1, -0.05) is 25.8 Å². The third-order valence-corrected chi connectivity index (χ3v) is 4.02. The molecule has 94 valence electrons. The van der Waals surface area contributed by atoms with Gasteiger partial charge in [0.2, 0.25) is 0 Å². The lowest BCUT2D eigenvalue weighted by Crippen LogP contribution is -2.33. The summed E-state index contributed by atoms with van der Waals surface area (Å²) < 4.78 is 27.5. The molecule has 1 nitrogen and oxygen atoms in total. The van der Waals surface area contributed by atoms with E-state index >= 15 is 0 Å². The van der Waals surface area contributed by atoms with Crippen molar-refractivity contribution in [1.29, 1.82) is 0 Å². The van der Waals surface area contributed by atoms with Crippen LogP contribution in [0.2, 0.25) is 0 Å². The number of hydrogen-bond acceptors (Lipinski definition) is 1. The molecule has 0 aromatic heterocycles. The van der Waals surface area contributed by atoms with Crippen LogP contribution in [0.25, 0.3) is 0 Å². The molecule has 0 heterocycles. The van der Waals surface area contributed by atoms with Crippen molar-refractivity contribution in [3.05, 3.63) is 34.9 Å². The maximum atomic E-state index is 14.0. The molecule has 0 aliphatic heterocycles. The SMILES string of the molecule is CCc1cc(F)c(F)c(C2(CN)CCCC2)c1. The Bertz CT molecular complexity index is 409. The van der Waals surface area contributed by atoms with Crippen LogP contribution in [-0.2, 0) is 11.8 Å². The van der Waals surface area contributed by atoms with Crippen LogP contribution < -0.4 is 5.73 Å². The van der Waals surface area contributed by atoms with E-state index in [4.69, 9.17) is 5.73 Å². The van der Waals surface area contributed by atoms with Crippen LogP contribution >= 0.6 is 0 Å². The second-order valence-electron chi connectivity index (χ2n) is 4.98. The van der Waals surface area contributed by atoms with Gasteiger partial charge in [0.25, 0.3) is 0 Å². The third-order valence-electron chi connectivity index (χ3n) is 4.02. The molecule has 2 rings (SSSR count). The van der Waals surface area contributed by atoms with E-state index in [9.17, 15) is 8.78 Å². The zero-order chi connectivity index (χ0) is 12.5. The molecule has 3 heteroatoms. The van der Waals surface area contributed by atoms with Gasteiger partial charge in [-0.2, -0.15) is 0 Å². The molecule has 1 fully saturated rings. The molecule has 0 amide bonds. The topological polar surface area (TPSA) is 26.0 Å². The normalized spacial score (nSPS) is 18.6. The Morgan fingerprint density at radius 3 is 2.41 bits per heavy atom. The van der Waals surface area contributed by atoms with Crippen LogP contribution in [0, 0.1) is 11.6 Å². The van der Waals surface area contributed by atoms with Gasteiger partial charge in [0, 0.05) is 12.0 Å². The molecule has 0 bridgehead atoms. The number of aryl methyl sites for hydroxylation is 1. The Morgan fingerprint density at radius 2 is 1.88 bits per heavy atom. The zero-order valence-electron chi connectivity index (χ0n) is 10.2. The van der Waals surface area contributed by atoms with Crippen LogP contribution in [0.5, 0.6) is 0 Å². The van der Waals surface area contributed by atoms with E-state index in [1.807, 2.05) is 6.92 Å². The summed E-state index contributed by atoms with van der Waals surface area (Å²) in [6.45, 7) is 2.34. The molecule has 1 aromatic carbocycles. The first-order valence-electron chi connectivity index (χ1n) is 6.31. The van der Waals surface area contributed by atoms with E-state index in [0.717, 1.165) is 31.2 Å². The summed E-state index contributed by atoms with van der Waals surface area (Å²) in [5, 5.41) is 0. The molecule has 0 saturated heterocycles. The van der Waals surface area contributed by atoms with Crippen molar-refractivity contribution in [2.75, 3.05) is 6.54 Å². The molecule has 0 radical (unpaired) electrons. The monoisotopic (exact) mass is 239 g/mol. The zero-order valence-corrected chi connectivity index (χ0v) is 10.2. The Balaban J connectivity index is 2.52. The lowest BCUT2D eigenvalue weighted by atomic mass is 9.78. The van der Waals surface area contributed by atoms with Gasteiger partial charge in [0.1, 0.15) is 0 Å². The van der Waals surface area contributed by atoms with Crippen LogP contribution in [0.4, 0.5) is 8.78 Å². The molecule has 1 aromatic rings. The highest BCUT2D eigenvalue weighted by molar-refractivity contribution is 5.34. The van der Waals surface area contributed by atoms with Gasteiger partial charge in [-0.15, -0.1) is 0 Å². The summed E-state index contributed by atoms with van der Waals surface area (Å²) in [5.41, 5.74) is 6.83. The highest BCUT2D eigenvalue weighted by Gasteiger charge is 2.37. The molecular weight excluding hydrogens is 220 g/mol. The highest BCUT2D eigenvalue weighted by Crippen LogP contribution is 2.42. The average Bonchev–Trinajstić information content (AvgIpc) is 2.82. The Hall–Kier alpha value is -0.960. The maximum absolute atomic E-state index is 14.0. The first-order valence-corrected chi connectivity index (χ1v) is 6.31. The van der Waals surface area contributed by atoms with E-state index in [1.54, 1.807) is 6.07 Å². The van der Waals surface area contributed by atoms with E-state index in [0.29, 0.717) is 18.5 Å². The minimum absolute atomic E-state index is 0.337. The molecule has 0 spiro atoms. The van der Waals surface area contributed by atoms with E-state index in [-0.39, 0.29) is 5.41 Å². The van der Waals surface area contributed by atoms with Gasteiger partial charge in [-0.3, -0.25) is 0 Å². The molecule has 0 atom stereocenters. The van der Waals surface area contributed by atoms with Gasteiger partial charge >= 0.3 is 0 Å². The van der Waals surface area contributed by atoms with Crippen molar-refractivity contribution in [2.45, 2.75) is 44.4 Å². The van der Waals surface area contributed by atoms with Gasteiger partial charge in [0.05, 0.1) is 0 Å². The predicted octanol–water partition coefficient (Wildman–Crippen LogP) is 3.30. The molecular formula is C14H19F2N. The van der Waals surface area contributed by atoms with Crippen molar-refractivity contribution < 1.29 is 8.78 Å². The Morgan fingerprint density at radius 1 is 1.24 bits per heavy atom. The minimum Gasteiger partial charge on any atom is -0.330 e. The summed E-state index contributed by atoms with van der Waals surface area (Å²) in [5.74, 6) is -1.44. The molecule has 2 N–H and O–H groups in total. The van der Waals surface area contributed by atoms with Crippen LogP contribution in [0.3, 0.4) is 0 Å². The number of nitrogens with two attached hydrogens (primary N) is 1. The summed E-state index contributed by atoms with van der Waals surface area (Å²) in [7, 11) is 0. The largest absolute Gasteiger partial charge is 0.330 e. The predicted molar refractivity (Wildman–Crippen MR) is 64.9 cm³/mol. The molecule has 1 aliphatic rings. The first-order chi connectivity index (χ1) is 8.13. The van der Waals surface area contributed by atoms with Crippen molar-refractivity contribution in [1.82, 2.24) is 0 Å². The highest BCUT2D eigenvalue weighted by atomic mass is 19.2. The van der Waals surface area contributed by atoms with Crippen molar-refractivity contribution in [3.8, 4) is 0 Å². The molecule has 17 heavy (non-hydrogen) atoms. The number of hydrogen-bond donors (Lipinski definition) is 1. The van der Waals surface area contributed by atoms with Gasteiger partial charge < -0.3 is 5.73 Å². The lowest BCUT2D eigenvalue weighted by molar-refractivity contribution is 0.407. The van der Waals surface area contributed by atoms with Crippen LogP contribution in [-0.4, -0.2) is 6.54 Å². The standard InChI is InChI=1S/C14H19F2N/c1-2-10-7-11(13(16)12(15)8-10)14(9-17)5-3-4-6-14/h7-8H,2-6,9,17H2,1H3. The maximum Gasteiger partial charge on any atom is 0.162 e. The summed E-state index contributed by atoms with van der Waals surface area (Å²) in [6.07, 6.45) is 4.55. The van der Waals surface area contributed by atoms with E-state index in [1.165, 1.54) is 6.07 Å². The second-order valence-corrected chi connectivity index (χ2v) is 4.98. The number of halogens is 2. The molecule has 0 unspecified atom stereocenters. The quantitative estimate of drug-likeness (QED) is 0.860. The smallest absolute Gasteiger partial charge is 0.162 e. The lowest BCUT2D eigenvalue weighted by Gasteiger charge is -2.29. The Labute approximate surface area is 101 Å². The fourth-order valence-electron chi connectivity index (χ4n) is 2.87. The molecule has 1 aliphatic carbocycles. The van der Waals surface area contributed by atoms with Gasteiger partial charge in [0.15, 0.2) is 11.6 Å². The Kier molecular flexibility index (Phi) is 3.48. The summed E-state index contributed by atoms with van der Waals surface area (Å²) in [4.78, 5) is 0. The van der Waals surface area contributed by atoms with Crippen LogP contribution in [0.15, 0.2) is 12.1 Å². The van der Waals surface area contributed by atoms with E-state index < -0.39 is 11.6 Å². The van der Waals surface area contributed by atoms with Crippen molar-refractivity contribution in [2.24, 2.45) is 5.73 Å². The minimum atomic E-state index is -0.737. The first kappa shape index (κ1) is 12.5. The summed E-state index contributed by atoms with van der Waals surface area (Å²) >= 11 is 0. The fourth-order valence-corrected chi connectivity index (χ4v) is 2.87. The van der Waals surface area contributed by atoms with E-state index in [2.05, 4.69) is 0 Å². The van der Waals surface area contributed by atoms with Gasteiger partial charge in [-0.05, 0) is 36.5 Å². The number of benzene rings is 1. The molecule has 1 saturated carbocycles. The van der Waals surface area contributed by atoms with Gasteiger partial charge in [-0.25, -0.2) is 8.78 Å². The van der Waals surface area contributed by atoms with Crippen molar-refractivity contribution in [3.63, 3.8) is 0 Å².